The van der Waals surface area contributed by atoms with Crippen LogP contribution in [0.3, 0.4) is 0 Å². The van der Waals surface area contributed by atoms with Gasteiger partial charge in [0.2, 0.25) is 23.0 Å². The van der Waals surface area contributed by atoms with E-state index in [0.29, 0.717) is 30.4 Å². The number of urea groups is 1. The van der Waals surface area contributed by atoms with E-state index in [-0.39, 0.29) is 63.8 Å². The van der Waals surface area contributed by atoms with Gasteiger partial charge in [-0.25, -0.2) is 4.79 Å². The van der Waals surface area contributed by atoms with Crippen LogP contribution in [0.4, 0.5) is 72.3 Å². The van der Waals surface area contributed by atoms with Gasteiger partial charge in [0, 0.05) is 54.7 Å². The maximum atomic E-state index is 14.4. The minimum Gasteiger partial charge on any atom is -0.368 e. The van der Waals surface area contributed by atoms with E-state index in [0.717, 1.165) is 30.0 Å². The van der Waals surface area contributed by atoms with Crippen molar-refractivity contribution in [2.24, 2.45) is 16.0 Å². The molecule has 0 atom stereocenters. The molecular weight excluding hydrogens is 921 g/mol. The summed E-state index contributed by atoms with van der Waals surface area (Å²) in [5.41, 5.74) is 5.06. The molecule has 6 aromatic rings. The Morgan fingerprint density at radius 3 is 1.95 bits per heavy atom. The summed E-state index contributed by atoms with van der Waals surface area (Å²) in [6.07, 6.45) is 0. The van der Waals surface area contributed by atoms with E-state index in [9.17, 15) is 55.4 Å². The van der Waals surface area contributed by atoms with Crippen LogP contribution >= 0.6 is 11.6 Å². The van der Waals surface area contributed by atoms with Crippen LogP contribution < -0.4 is 31.5 Å². The van der Waals surface area contributed by atoms with Gasteiger partial charge in [-0.3, -0.25) is 29.3 Å². The van der Waals surface area contributed by atoms with Crippen molar-refractivity contribution in [1.82, 2.24) is 15.0 Å². The molecule has 336 valence electrons. The van der Waals surface area contributed by atoms with Crippen molar-refractivity contribution < 1.29 is 45.0 Å². The zero-order chi connectivity index (χ0) is 47.0. The van der Waals surface area contributed by atoms with Gasteiger partial charge in [-0.05, 0) is 90.1 Å². The number of benzene rings is 5. The van der Waals surface area contributed by atoms with E-state index >= 15 is 0 Å². The first-order chi connectivity index (χ1) is 30.6. The summed E-state index contributed by atoms with van der Waals surface area (Å²) >= 11 is 6.22. The van der Waals surface area contributed by atoms with Crippen molar-refractivity contribution in [3.05, 3.63) is 116 Å². The lowest BCUT2D eigenvalue weighted by Crippen LogP contribution is -2.46. The van der Waals surface area contributed by atoms with Crippen molar-refractivity contribution in [2.75, 3.05) is 51.9 Å². The van der Waals surface area contributed by atoms with Crippen LogP contribution in [0.25, 0.3) is 10.8 Å². The number of aromatic nitrogens is 3. The Morgan fingerprint density at radius 1 is 0.769 bits per heavy atom. The molecule has 0 unspecified atom stereocenters. The predicted molar refractivity (Wildman–Crippen MR) is 234 cm³/mol. The van der Waals surface area contributed by atoms with Gasteiger partial charge < -0.3 is 31.5 Å². The molecule has 7 N–H and O–H groups in total. The third kappa shape index (κ3) is 10.4. The molecule has 0 saturated carbocycles. The minimum atomic E-state index is -4.95. The molecule has 1 saturated heterocycles. The van der Waals surface area contributed by atoms with Gasteiger partial charge in [-0.1, -0.05) is 6.07 Å². The van der Waals surface area contributed by atoms with E-state index in [1.807, 2.05) is 4.90 Å². The molecular formula is C37H31ClFN13O11S2. The number of piperazine rings is 1. The van der Waals surface area contributed by atoms with Crippen molar-refractivity contribution in [3.63, 3.8) is 0 Å². The van der Waals surface area contributed by atoms with Gasteiger partial charge >= 0.3 is 11.7 Å². The number of nitro benzene ring substituents is 2. The normalized spacial score (nSPS) is 13.2. The van der Waals surface area contributed by atoms with E-state index in [2.05, 4.69) is 41.1 Å². The highest BCUT2D eigenvalue weighted by Crippen LogP contribution is 2.38. The molecule has 0 bridgehead atoms. The lowest BCUT2D eigenvalue weighted by atomic mass is 10.1. The summed E-state index contributed by atoms with van der Waals surface area (Å²) in [5, 5.41) is 38.7. The van der Waals surface area contributed by atoms with E-state index < -0.39 is 68.8 Å². The number of fused-ring (bicyclic) bond motifs is 1. The Labute approximate surface area is 370 Å². The standard InChI is InChI=1S/C37H31ClFN13O11S2/c1-19-12-20-14-33(65(61,62)63)28(16-24(20)32(13-19)64(58,59)60)48-47-26-7-4-22(15-27(26)43-35(40)53)42-37-45-34(38)44-36(46-37)41-21-2-5-23(6-3-21)49-8-10-50(11-9-49)30-17-25(39)29(51(54)55)18-31(30)52(56)57/h2-7,12-18H,8-11H2,1H3,(H3,40,43,53)(H,58,59,60)(H,61,62,63)(H2,41,42,44,45,46). The summed E-state index contributed by atoms with van der Waals surface area (Å²) in [4.78, 5) is 47.8. The third-order valence-corrected chi connectivity index (χ3v) is 11.6. The Bertz CT molecular complexity index is 3200. The van der Waals surface area contributed by atoms with Crippen molar-refractivity contribution in [3.8, 4) is 0 Å². The van der Waals surface area contributed by atoms with Crippen LogP contribution in [0.1, 0.15) is 5.56 Å². The smallest absolute Gasteiger partial charge is 0.316 e. The number of nitro groups is 2. The van der Waals surface area contributed by atoms with Gasteiger partial charge in [0.1, 0.15) is 26.9 Å². The quantitative estimate of drug-likeness (QED) is 0.0289. The highest BCUT2D eigenvalue weighted by molar-refractivity contribution is 7.86. The van der Waals surface area contributed by atoms with Crippen LogP contribution in [0.15, 0.2) is 98.9 Å². The van der Waals surface area contributed by atoms with Crippen LogP contribution in [0.2, 0.25) is 5.28 Å². The molecule has 7 rings (SSSR count). The predicted octanol–water partition coefficient (Wildman–Crippen LogP) is 7.16. The number of aryl methyl sites for hydroxylation is 1. The maximum Gasteiger partial charge on any atom is 0.316 e. The maximum absolute atomic E-state index is 14.4. The molecule has 0 spiro atoms. The molecule has 1 aliphatic rings. The number of azo groups is 1. The number of amides is 2. The highest BCUT2D eigenvalue weighted by atomic mass is 35.5. The summed E-state index contributed by atoms with van der Waals surface area (Å²) in [7, 11) is -9.75. The van der Waals surface area contributed by atoms with Gasteiger partial charge in [0.25, 0.3) is 25.9 Å². The highest BCUT2D eigenvalue weighted by Gasteiger charge is 2.30. The largest absolute Gasteiger partial charge is 0.368 e. The van der Waals surface area contributed by atoms with Gasteiger partial charge in [0.15, 0.2) is 0 Å². The van der Waals surface area contributed by atoms with E-state index in [1.54, 1.807) is 29.2 Å². The Balaban J connectivity index is 1.06. The zero-order valence-corrected chi connectivity index (χ0v) is 35.5. The zero-order valence-electron chi connectivity index (χ0n) is 33.1. The number of carbonyl (C=O) groups excluding carboxylic acids is 1. The minimum absolute atomic E-state index is 0.0176. The fourth-order valence-electron chi connectivity index (χ4n) is 6.79. The number of hydrogen-bond donors (Lipinski definition) is 6. The lowest BCUT2D eigenvalue weighted by Gasteiger charge is -2.37. The van der Waals surface area contributed by atoms with Gasteiger partial charge in [-0.2, -0.15) is 36.2 Å². The lowest BCUT2D eigenvalue weighted by molar-refractivity contribution is -0.395. The monoisotopic (exact) mass is 951 g/mol. The van der Waals surface area contributed by atoms with Gasteiger partial charge in [-0.15, -0.1) is 10.2 Å². The molecule has 1 fully saturated rings. The fourth-order valence-corrected chi connectivity index (χ4v) is 8.38. The molecule has 0 radical (unpaired) electrons. The number of rotatable bonds is 13. The molecule has 5 aromatic carbocycles. The third-order valence-electron chi connectivity index (χ3n) is 9.62. The number of anilines is 7. The summed E-state index contributed by atoms with van der Waals surface area (Å²) in [6.45, 7) is 2.82. The Hall–Kier alpha value is -7.72. The number of nitrogens with one attached hydrogen (secondary N) is 3. The molecule has 0 aliphatic carbocycles. The average Bonchev–Trinajstić information content (AvgIpc) is 3.22. The first kappa shape index (κ1) is 45.3. The Morgan fingerprint density at radius 2 is 1.35 bits per heavy atom. The number of primary amides is 1. The fraction of sp³-hybridized carbons (Fsp3) is 0.135. The topological polar surface area (TPSA) is 344 Å². The summed E-state index contributed by atoms with van der Waals surface area (Å²) in [6, 6.07) is 16.1. The van der Waals surface area contributed by atoms with Crippen molar-refractivity contribution >= 4 is 112 Å². The number of nitrogens with zero attached hydrogens (tertiary/aromatic N) is 9. The SMILES string of the molecule is Cc1cc(S(=O)(=O)O)c2cc(N=Nc3ccc(Nc4nc(Cl)nc(Nc5ccc(N6CCN(c7cc(F)c([N+](=O)[O-])cc7[N+](=O)[O-])CC6)cc5)n4)cc3NC(N)=O)c(S(=O)(=O)O)cc2c1. The summed E-state index contributed by atoms with van der Waals surface area (Å²) < 4.78 is 83.3. The number of hydrogen-bond acceptors (Lipinski definition) is 18. The molecule has 1 aliphatic heterocycles. The first-order valence-electron chi connectivity index (χ1n) is 18.5. The molecule has 28 heteroatoms. The second-order valence-electron chi connectivity index (χ2n) is 14.0. The number of carbonyl (C=O) groups is 1. The molecule has 2 heterocycles. The number of halogens is 2. The average molecular weight is 952 g/mol. The second-order valence-corrected chi connectivity index (χ2v) is 17.1. The van der Waals surface area contributed by atoms with Crippen LogP contribution in [-0.2, 0) is 20.2 Å². The summed E-state index contributed by atoms with van der Waals surface area (Å²) in [5.74, 6) is -1.22. The molecule has 65 heavy (non-hydrogen) atoms. The van der Waals surface area contributed by atoms with E-state index in [4.69, 9.17) is 17.3 Å². The number of nitrogens with two attached hydrogens (primary N) is 1. The Kier molecular flexibility index (Phi) is 12.4. The molecule has 1 aromatic heterocycles. The molecule has 2 amide bonds. The first-order valence-corrected chi connectivity index (χ1v) is 21.7. The van der Waals surface area contributed by atoms with Gasteiger partial charge in [0.05, 0.1) is 21.6 Å². The van der Waals surface area contributed by atoms with Crippen LogP contribution in [-0.4, -0.2) is 82.9 Å². The second kappa shape index (κ2) is 17.8. The van der Waals surface area contributed by atoms with E-state index in [1.165, 1.54) is 31.2 Å². The van der Waals surface area contributed by atoms with Crippen molar-refractivity contribution in [1.29, 1.82) is 0 Å². The molecule has 24 nitrogen and oxygen atoms in total. The van der Waals surface area contributed by atoms with Crippen LogP contribution in [0, 0.1) is 33.0 Å². The van der Waals surface area contributed by atoms with Crippen molar-refractivity contribution in [2.45, 2.75) is 16.7 Å². The van der Waals surface area contributed by atoms with Crippen LogP contribution in [0.5, 0.6) is 0 Å².